The van der Waals surface area contributed by atoms with Crippen molar-refractivity contribution in [1.29, 1.82) is 0 Å². The van der Waals surface area contributed by atoms with Gasteiger partial charge in [0.15, 0.2) is 0 Å². The number of carbonyl (C=O) groups excluding carboxylic acids is 1. The van der Waals surface area contributed by atoms with E-state index in [4.69, 9.17) is 11.6 Å². The normalized spacial score (nSPS) is 10.3. The number of halogens is 3. The van der Waals surface area contributed by atoms with E-state index in [1.54, 1.807) is 6.07 Å². The Morgan fingerprint density at radius 1 is 1.32 bits per heavy atom. The summed E-state index contributed by atoms with van der Waals surface area (Å²) in [6.45, 7) is 1.88. The predicted molar refractivity (Wildman–Crippen MR) is 91.0 cm³/mol. The van der Waals surface area contributed by atoms with Gasteiger partial charge in [0.1, 0.15) is 0 Å². The SMILES string of the molecule is Cc1c(Cl)cccc1NC(=O)c1cc(I)ccc1Br. The van der Waals surface area contributed by atoms with E-state index in [0.717, 1.165) is 19.3 Å². The van der Waals surface area contributed by atoms with E-state index in [1.165, 1.54) is 0 Å². The van der Waals surface area contributed by atoms with Crippen LogP contribution in [0.3, 0.4) is 0 Å². The molecule has 0 aliphatic heterocycles. The molecule has 0 bridgehead atoms. The van der Waals surface area contributed by atoms with Crippen LogP contribution in [0.4, 0.5) is 5.69 Å². The standard InChI is InChI=1S/C14H10BrClINO/c1-8-12(16)3-2-4-13(8)18-14(19)10-7-9(17)5-6-11(10)15/h2-7H,1H3,(H,18,19). The first-order valence-electron chi connectivity index (χ1n) is 5.50. The second-order valence-corrected chi connectivity index (χ2v) is 6.50. The number of amides is 1. The Morgan fingerprint density at radius 2 is 2.05 bits per heavy atom. The Balaban J connectivity index is 2.31. The van der Waals surface area contributed by atoms with Gasteiger partial charge in [0.25, 0.3) is 5.91 Å². The van der Waals surface area contributed by atoms with Crippen LogP contribution in [-0.2, 0) is 0 Å². The Kier molecular flexibility index (Phi) is 4.86. The molecule has 0 saturated heterocycles. The van der Waals surface area contributed by atoms with E-state index in [2.05, 4.69) is 43.8 Å². The molecule has 2 aromatic carbocycles. The zero-order valence-corrected chi connectivity index (χ0v) is 14.5. The van der Waals surface area contributed by atoms with E-state index >= 15 is 0 Å². The summed E-state index contributed by atoms with van der Waals surface area (Å²) in [7, 11) is 0. The topological polar surface area (TPSA) is 29.1 Å². The van der Waals surface area contributed by atoms with Gasteiger partial charge in [0.2, 0.25) is 0 Å². The average Bonchev–Trinajstić information content (AvgIpc) is 2.38. The second-order valence-electron chi connectivity index (χ2n) is 3.99. The summed E-state index contributed by atoms with van der Waals surface area (Å²) in [5.41, 5.74) is 2.19. The zero-order chi connectivity index (χ0) is 14.0. The van der Waals surface area contributed by atoms with E-state index in [9.17, 15) is 4.79 Å². The highest BCUT2D eigenvalue weighted by Gasteiger charge is 2.12. The molecule has 0 atom stereocenters. The molecular formula is C14H10BrClINO. The minimum absolute atomic E-state index is 0.157. The maximum absolute atomic E-state index is 12.3. The summed E-state index contributed by atoms with van der Waals surface area (Å²) in [5, 5.41) is 3.52. The molecular weight excluding hydrogens is 440 g/mol. The zero-order valence-electron chi connectivity index (χ0n) is 10.0. The van der Waals surface area contributed by atoms with Gasteiger partial charge in [-0.2, -0.15) is 0 Å². The Morgan fingerprint density at radius 3 is 2.79 bits per heavy atom. The first kappa shape index (κ1) is 14.8. The quantitative estimate of drug-likeness (QED) is 0.621. The molecule has 0 aliphatic rings. The van der Waals surface area contributed by atoms with Crippen LogP contribution in [0.1, 0.15) is 15.9 Å². The molecule has 2 aromatic rings. The van der Waals surface area contributed by atoms with Crippen molar-refractivity contribution in [3.05, 3.63) is 60.6 Å². The molecule has 0 radical (unpaired) electrons. The fraction of sp³-hybridized carbons (Fsp3) is 0.0714. The van der Waals surface area contributed by atoms with Crippen LogP contribution in [-0.4, -0.2) is 5.91 Å². The number of hydrogen-bond acceptors (Lipinski definition) is 1. The van der Waals surface area contributed by atoms with Crippen molar-refractivity contribution in [3.8, 4) is 0 Å². The minimum Gasteiger partial charge on any atom is -0.322 e. The van der Waals surface area contributed by atoms with Gasteiger partial charge >= 0.3 is 0 Å². The minimum atomic E-state index is -0.157. The molecule has 0 heterocycles. The third-order valence-corrected chi connectivity index (χ3v) is 4.46. The summed E-state index contributed by atoms with van der Waals surface area (Å²) in [5.74, 6) is -0.157. The molecule has 0 saturated carbocycles. The van der Waals surface area contributed by atoms with Gasteiger partial charge in [0.05, 0.1) is 5.56 Å². The lowest BCUT2D eigenvalue weighted by Crippen LogP contribution is -2.13. The summed E-state index contributed by atoms with van der Waals surface area (Å²) >= 11 is 11.6. The van der Waals surface area contributed by atoms with Crippen LogP contribution < -0.4 is 5.32 Å². The third kappa shape index (κ3) is 3.49. The molecule has 1 amide bonds. The van der Waals surface area contributed by atoms with Gasteiger partial charge < -0.3 is 5.32 Å². The lowest BCUT2D eigenvalue weighted by atomic mass is 10.1. The van der Waals surface area contributed by atoms with E-state index in [1.807, 2.05) is 37.3 Å². The Labute approximate surface area is 138 Å². The van der Waals surface area contributed by atoms with Gasteiger partial charge in [-0.05, 0) is 81.3 Å². The molecule has 0 unspecified atom stereocenters. The third-order valence-electron chi connectivity index (χ3n) is 2.69. The molecule has 2 rings (SSSR count). The van der Waals surface area contributed by atoms with Crippen LogP contribution in [0.2, 0.25) is 5.02 Å². The van der Waals surface area contributed by atoms with Crippen molar-refractivity contribution in [3.63, 3.8) is 0 Å². The van der Waals surface area contributed by atoms with E-state index in [-0.39, 0.29) is 5.91 Å². The fourth-order valence-electron chi connectivity index (χ4n) is 1.60. The van der Waals surface area contributed by atoms with Gasteiger partial charge in [-0.3, -0.25) is 4.79 Å². The van der Waals surface area contributed by atoms with Crippen molar-refractivity contribution in [1.82, 2.24) is 0 Å². The van der Waals surface area contributed by atoms with E-state index < -0.39 is 0 Å². The molecule has 5 heteroatoms. The molecule has 0 aliphatic carbocycles. The number of hydrogen-bond donors (Lipinski definition) is 1. The molecule has 98 valence electrons. The number of rotatable bonds is 2. The first-order valence-corrected chi connectivity index (χ1v) is 7.75. The van der Waals surface area contributed by atoms with Crippen LogP contribution in [0, 0.1) is 10.5 Å². The maximum Gasteiger partial charge on any atom is 0.256 e. The number of carbonyl (C=O) groups is 1. The highest BCUT2D eigenvalue weighted by molar-refractivity contribution is 14.1. The van der Waals surface area contributed by atoms with Crippen molar-refractivity contribution in [2.45, 2.75) is 6.92 Å². The van der Waals surface area contributed by atoms with Crippen molar-refractivity contribution in [2.75, 3.05) is 5.32 Å². The smallest absolute Gasteiger partial charge is 0.256 e. The second kappa shape index (κ2) is 6.24. The Bertz CT molecular complexity index is 645. The summed E-state index contributed by atoms with van der Waals surface area (Å²) in [4.78, 5) is 12.3. The van der Waals surface area contributed by atoms with Gasteiger partial charge in [-0.25, -0.2) is 0 Å². The molecule has 0 fully saturated rings. The van der Waals surface area contributed by atoms with Crippen LogP contribution >= 0.6 is 50.1 Å². The number of nitrogens with one attached hydrogen (secondary N) is 1. The van der Waals surface area contributed by atoms with Crippen LogP contribution in [0.5, 0.6) is 0 Å². The molecule has 0 spiro atoms. The summed E-state index contributed by atoms with van der Waals surface area (Å²) < 4.78 is 1.78. The maximum atomic E-state index is 12.3. The summed E-state index contributed by atoms with van der Waals surface area (Å²) in [6, 6.07) is 11.1. The Hall–Kier alpha value is -0.590. The lowest BCUT2D eigenvalue weighted by molar-refractivity contribution is 0.102. The van der Waals surface area contributed by atoms with Gasteiger partial charge in [-0.15, -0.1) is 0 Å². The largest absolute Gasteiger partial charge is 0.322 e. The lowest BCUT2D eigenvalue weighted by Gasteiger charge is -2.10. The van der Waals surface area contributed by atoms with Crippen molar-refractivity contribution in [2.24, 2.45) is 0 Å². The highest BCUT2D eigenvalue weighted by atomic mass is 127. The molecule has 1 N–H and O–H groups in total. The number of benzene rings is 2. The van der Waals surface area contributed by atoms with E-state index in [0.29, 0.717) is 10.6 Å². The fourth-order valence-corrected chi connectivity index (χ4v) is 2.70. The van der Waals surface area contributed by atoms with Gasteiger partial charge in [-0.1, -0.05) is 17.7 Å². The molecule has 0 aromatic heterocycles. The van der Waals surface area contributed by atoms with Crippen molar-refractivity contribution < 1.29 is 4.79 Å². The molecule has 2 nitrogen and oxygen atoms in total. The average molecular weight is 451 g/mol. The van der Waals surface area contributed by atoms with Crippen LogP contribution in [0.15, 0.2) is 40.9 Å². The van der Waals surface area contributed by atoms with Crippen LogP contribution in [0.25, 0.3) is 0 Å². The highest BCUT2D eigenvalue weighted by Crippen LogP contribution is 2.25. The first-order chi connectivity index (χ1) is 8.99. The van der Waals surface area contributed by atoms with Crippen molar-refractivity contribution >= 4 is 61.7 Å². The molecule has 19 heavy (non-hydrogen) atoms. The van der Waals surface area contributed by atoms with Gasteiger partial charge in [0, 0.05) is 18.8 Å². The summed E-state index contributed by atoms with van der Waals surface area (Å²) in [6.07, 6.45) is 0. The monoisotopic (exact) mass is 449 g/mol. The predicted octanol–water partition coefficient (Wildman–Crippen LogP) is 5.27. The number of anilines is 1.